The van der Waals surface area contributed by atoms with Gasteiger partial charge in [0.25, 0.3) is 0 Å². The first-order valence-electron chi connectivity index (χ1n) is 5.98. The second kappa shape index (κ2) is 5.26. The molecule has 1 unspecified atom stereocenters. The Morgan fingerprint density at radius 3 is 2.93 bits per heavy atom. The molecule has 1 aliphatic carbocycles. The standard InChI is InChI=1S/C13H20N2/c1-11(9-12-5-4-6-12)15-10-13-7-2-3-8-14-13/h2-3,7-8,11-12,15H,4-6,9-10H2,1H3. The van der Waals surface area contributed by atoms with Crippen molar-refractivity contribution < 1.29 is 0 Å². The molecule has 1 saturated carbocycles. The van der Waals surface area contributed by atoms with E-state index in [9.17, 15) is 0 Å². The lowest BCUT2D eigenvalue weighted by molar-refractivity contribution is 0.265. The van der Waals surface area contributed by atoms with E-state index in [1.54, 1.807) is 0 Å². The molecule has 82 valence electrons. The Balaban J connectivity index is 1.68. The molecule has 2 heteroatoms. The van der Waals surface area contributed by atoms with Crippen molar-refractivity contribution in [2.75, 3.05) is 0 Å². The highest BCUT2D eigenvalue weighted by Crippen LogP contribution is 2.30. The molecule has 1 aliphatic rings. The first kappa shape index (κ1) is 10.6. The van der Waals surface area contributed by atoms with E-state index < -0.39 is 0 Å². The lowest BCUT2D eigenvalue weighted by Gasteiger charge is -2.28. The summed E-state index contributed by atoms with van der Waals surface area (Å²) in [6.45, 7) is 3.18. The van der Waals surface area contributed by atoms with Crippen molar-refractivity contribution in [1.82, 2.24) is 10.3 Å². The van der Waals surface area contributed by atoms with Gasteiger partial charge in [-0.1, -0.05) is 25.3 Å². The summed E-state index contributed by atoms with van der Waals surface area (Å²) in [4.78, 5) is 4.30. The van der Waals surface area contributed by atoms with Crippen LogP contribution in [0.1, 0.15) is 38.3 Å². The number of rotatable bonds is 5. The molecule has 0 aliphatic heterocycles. The van der Waals surface area contributed by atoms with E-state index in [0.717, 1.165) is 18.2 Å². The average molecular weight is 204 g/mol. The summed E-state index contributed by atoms with van der Waals surface area (Å²) >= 11 is 0. The molecule has 0 aromatic carbocycles. The highest BCUT2D eigenvalue weighted by atomic mass is 14.9. The average Bonchev–Trinajstić information content (AvgIpc) is 2.22. The fraction of sp³-hybridized carbons (Fsp3) is 0.615. The zero-order chi connectivity index (χ0) is 10.5. The molecule has 1 aromatic heterocycles. The number of nitrogens with zero attached hydrogens (tertiary/aromatic N) is 1. The number of pyridine rings is 1. The van der Waals surface area contributed by atoms with Crippen LogP contribution in [-0.4, -0.2) is 11.0 Å². The fourth-order valence-corrected chi connectivity index (χ4v) is 2.09. The van der Waals surface area contributed by atoms with Gasteiger partial charge in [-0.05, 0) is 31.4 Å². The molecule has 0 amide bonds. The molecule has 1 aromatic rings. The third kappa shape index (κ3) is 3.31. The third-order valence-corrected chi connectivity index (χ3v) is 3.27. The Labute approximate surface area is 92.1 Å². The quantitative estimate of drug-likeness (QED) is 0.797. The summed E-state index contributed by atoms with van der Waals surface area (Å²) in [6.07, 6.45) is 7.50. The van der Waals surface area contributed by atoms with E-state index >= 15 is 0 Å². The Morgan fingerprint density at radius 1 is 1.47 bits per heavy atom. The summed E-state index contributed by atoms with van der Waals surface area (Å²) in [5, 5.41) is 3.54. The van der Waals surface area contributed by atoms with Crippen LogP contribution in [0.3, 0.4) is 0 Å². The van der Waals surface area contributed by atoms with Gasteiger partial charge in [0.05, 0.1) is 5.69 Å². The molecule has 1 N–H and O–H groups in total. The largest absolute Gasteiger partial charge is 0.309 e. The fourth-order valence-electron chi connectivity index (χ4n) is 2.09. The molecule has 1 heterocycles. The minimum Gasteiger partial charge on any atom is -0.309 e. The molecule has 0 radical (unpaired) electrons. The summed E-state index contributed by atoms with van der Waals surface area (Å²) in [5.74, 6) is 0.983. The third-order valence-electron chi connectivity index (χ3n) is 3.27. The van der Waals surface area contributed by atoms with Gasteiger partial charge in [-0.2, -0.15) is 0 Å². The lowest BCUT2D eigenvalue weighted by Crippen LogP contribution is -2.30. The zero-order valence-electron chi connectivity index (χ0n) is 9.45. The molecule has 1 atom stereocenters. The van der Waals surface area contributed by atoms with Gasteiger partial charge in [0.2, 0.25) is 0 Å². The van der Waals surface area contributed by atoms with Crippen LogP contribution in [0, 0.1) is 5.92 Å². The molecule has 2 rings (SSSR count). The first-order chi connectivity index (χ1) is 7.34. The molecule has 0 bridgehead atoms. The maximum atomic E-state index is 4.30. The van der Waals surface area contributed by atoms with Crippen molar-refractivity contribution in [2.24, 2.45) is 5.92 Å². The van der Waals surface area contributed by atoms with Crippen LogP contribution in [0.25, 0.3) is 0 Å². The number of hydrogen-bond acceptors (Lipinski definition) is 2. The van der Waals surface area contributed by atoms with Crippen molar-refractivity contribution in [1.29, 1.82) is 0 Å². The molecule has 0 saturated heterocycles. The van der Waals surface area contributed by atoms with E-state index in [1.165, 1.54) is 25.7 Å². The van der Waals surface area contributed by atoms with E-state index in [4.69, 9.17) is 0 Å². The van der Waals surface area contributed by atoms with Gasteiger partial charge < -0.3 is 5.32 Å². The van der Waals surface area contributed by atoms with Crippen LogP contribution in [0.4, 0.5) is 0 Å². The van der Waals surface area contributed by atoms with Crippen LogP contribution in [0.15, 0.2) is 24.4 Å². The van der Waals surface area contributed by atoms with Crippen molar-refractivity contribution in [2.45, 2.75) is 45.2 Å². The SMILES string of the molecule is CC(CC1CCC1)NCc1ccccn1. The second-order valence-corrected chi connectivity index (χ2v) is 4.64. The number of nitrogens with one attached hydrogen (secondary N) is 1. The Morgan fingerprint density at radius 2 is 2.33 bits per heavy atom. The summed E-state index contributed by atoms with van der Waals surface area (Å²) in [5.41, 5.74) is 1.14. The summed E-state index contributed by atoms with van der Waals surface area (Å²) in [6, 6.07) is 6.70. The van der Waals surface area contributed by atoms with Crippen molar-refractivity contribution in [3.05, 3.63) is 30.1 Å². The Kier molecular flexibility index (Phi) is 3.73. The molecule has 1 fully saturated rings. The summed E-state index contributed by atoms with van der Waals surface area (Å²) < 4.78 is 0. The van der Waals surface area contributed by atoms with E-state index in [2.05, 4.69) is 23.3 Å². The number of aromatic nitrogens is 1. The van der Waals surface area contributed by atoms with E-state index in [-0.39, 0.29) is 0 Å². The van der Waals surface area contributed by atoms with Gasteiger partial charge in [0.15, 0.2) is 0 Å². The Hall–Kier alpha value is -0.890. The predicted octanol–water partition coefficient (Wildman–Crippen LogP) is 2.75. The molecule has 15 heavy (non-hydrogen) atoms. The first-order valence-corrected chi connectivity index (χ1v) is 5.98. The van der Waals surface area contributed by atoms with E-state index in [0.29, 0.717) is 6.04 Å². The van der Waals surface area contributed by atoms with Gasteiger partial charge in [0.1, 0.15) is 0 Å². The van der Waals surface area contributed by atoms with Gasteiger partial charge in [-0.25, -0.2) is 0 Å². The Bertz CT molecular complexity index is 280. The zero-order valence-corrected chi connectivity index (χ0v) is 9.45. The smallest absolute Gasteiger partial charge is 0.0541 e. The van der Waals surface area contributed by atoms with E-state index in [1.807, 2.05) is 18.3 Å². The van der Waals surface area contributed by atoms with Crippen LogP contribution < -0.4 is 5.32 Å². The minimum atomic E-state index is 0.623. The summed E-state index contributed by atoms with van der Waals surface area (Å²) in [7, 11) is 0. The second-order valence-electron chi connectivity index (χ2n) is 4.64. The van der Waals surface area contributed by atoms with Crippen LogP contribution >= 0.6 is 0 Å². The maximum absolute atomic E-state index is 4.30. The van der Waals surface area contributed by atoms with Crippen LogP contribution in [-0.2, 0) is 6.54 Å². The van der Waals surface area contributed by atoms with Crippen LogP contribution in [0.2, 0.25) is 0 Å². The normalized spacial score (nSPS) is 18.5. The van der Waals surface area contributed by atoms with Crippen molar-refractivity contribution in [3.63, 3.8) is 0 Å². The minimum absolute atomic E-state index is 0.623. The molecular formula is C13H20N2. The monoisotopic (exact) mass is 204 g/mol. The van der Waals surface area contributed by atoms with Gasteiger partial charge in [0, 0.05) is 18.8 Å². The lowest BCUT2D eigenvalue weighted by atomic mass is 9.81. The predicted molar refractivity (Wildman–Crippen MR) is 62.5 cm³/mol. The van der Waals surface area contributed by atoms with Crippen LogP contribution in [0.5, 0.6) is 0 Å². The molecular weight excluding hydrogens is 184 g/mol. The number of hydrogen-bond donors (Lipinski definition) is 1. The van der Waals surface area contributed by atoms with Gasteiger partial charge in [-0.15, -0.1) is 0 Å². The molecule has 0 spiro atoms. The molecule has 2 nitrogen and oxygen atoms in total. The van der Waals surface area contributed by atoms with Crippen molar-refractivity contribution >= 4 is 0 Å². The van der Waals surface area contributed by atoms with Gasteiger partial charge >= 0.3 is 0 Å². The topological polar surface area (TPSA) is 24.9 Å². The highest BCUT2D eigenvalue weighted by molar-refractivity contribution is 5.03. The van der Waals surface area contributed by atoms with Gasteiger partial charge in [-0.3, -0.25) is 4.98 Å². The maximum Gasteiger partial charge on any atom is 0.0541 e. The van der Waals surface area contributed by atoms with Crippen molar-refractivity contribution in [3.8, 4) is 0 Å². The highest BCUT2D eigenvalue weighted by Gasteiger charge is 2.19.